The van der Waals surface area contributed by atoms with Gasteiger partial charge in [-0.2, -0.15) is 0 Å². The Balaban J connectivity index is 2.18. The van der Waals surface area contributed by atoms with Crippen LogP contribution in [0.2, 0.25) is 0 Å². The summed E-state index contributed by atoms with van der Waals surface area (Å²) in [5, 5.41) is 12.6. The summed E-state index contributed by atoms with van der Waals surface area (Å²) in [6.07, 6.45) is 1.79. The van der Waals surface area contributed by atoms with Crippen LogP contribution in [0.3, 0.4) is 0 Å². The van der Waals surface area contributed by atoms with E-state index in [1.54, 1.807) is 0 Å². The maximum Gasteiger partial charge on any atom is 0.326 e. The van der Waals surface area contributed by atoms with Crippen LogP contribution < -0.4 is 5.32 Å². The molecular formula is C8H13NO3. The fourth-order valence-electron chi connectivity index (χ4n) is 2.29. The van der Waals surface area contributed by atoms with Gasteiger partial charge >= 0.3 is 5.97 Å². The fraction of sp³-hybridized carbons (Fsp3) is 0.875. The maximum absolute atomic E-state index is 11.3. The summed E-state index contributed by atoms with van der Waals surface area (Å²) in [7, 11) is 1.39. The van der Waals surface area contributed by atoms with E-state index in [1.165, 1.54) is 7.11 Å². The Kier molecular flexibility index (Phi) is 1.63. The van der Waals surface area contributed by atoms with Crippen LogP contribution in [0.4, 0.5) is 0 Å². The molecule has 0 amide bonds. The Hall–Kier alpha value is -0.610. The Bertz CT molecular complexity index is 214. The average molecular weight is 171 g/mol. The number of esters is 1. The smallest absolute Gasteiger partial charge is 0.326 e. The molecule has 68 valence electrons. The van der Waals surface area contributed by atoms with E-state index in [9.17, 15) is 9.90 Å². The summed E-state index contributed by atoms with van der Waals surface area (Å²) in [4.78, 5) is 11.3. The quantitative estimate of drug-likeness (QED) is 0.518. The van der Waals surface area contributed by atoms with E-state index in [2.05, 4.69) is 5.32 Å². The van der Waals surface area contributed by atoms with Crippen molar-refractivity contribution in [2.75, 3.05) is 7.11 Å². The predicted octanol–water partition coefficient (Wildman–Crippen LogP) is -0.585. The van der Waals surface area contributed by atoms with Crippen LogP contribution in [0.5, 0.6) is 0 Å². The minimum Gasteiger partial charge on any atom is -0.468 e. The molecule has 4 nitrogen and oxygen atoms in total. The Morgan fingerprint density at radius 1 is 1.75 bits per heavy atom. The monoisotopic (exact) mass is 171 g/mol. The number of hydrogen-bond donors (Lipinski definition) is 2. The van der Waals surface area contributed by atoms with Gasteiger partial charge in [0.25, 0.3) is 0 Å². The van der Waals surface area contributed by atoms with E-state index in [-0.39, 0.29) is 18.1 Å². The first-order chi connectivity index (χ1) is 5.68. The first kappa shape index (κ1) is 8.01. The van der Waals surface area contributed by atoms with E-state index < -0.39 is 5.54 Å². The minimum absolute atomic E-state index is 0.101. The Morgan fingerprint density at radius 2 is 2.50 bits per heavy atom. The lowest BCUT2D eigenvalue weighted by Crippen LogP contribution is -2.45. The molecule has 2 aliphatic heterocycles. The molecule has 0 aliphatic carbocycles. The van der Waals surface area contributed by atoms with E-state index in [1.807, 2.05) is 0 Å². The van der Waals surface area contributed by atoms with Crippen LogP contribution >= 0.6 is 0 Å². The number of nitrogens with one attached hydrogen (secondary N) is 1. The van der Waals surface area contributed by atoms with E-state index in [0.717, 1.165) is 12.8 Å². The van der Waals surface area contributed by atoms with Crippen LogP contribution in [0.15, 0.2) is 0 Å². The van der Waals surface area contributed by atoms with Gasteiger partial charge in [0.1, 0.15) is 5.54 Å². The van der Waals surface area contributed by atoms with Gasteiger partial charge in [0.05, 0.1) is 13.2 Å². The van der Waals surface area contributed by atoms with Crippen LogP contribution in [-0.2, 0) is 9.53 Å². The molecule has 0 unspecified atom stereocenters. The molecule has 0 spiro atoms. The number of carbonyl (C=O) groups excluding carboxylic acids is 1. The van der Waals surface area contributed by atoms with Crippen molar-refractivity contribution in [2.45, 2.75) is 36.9 Å². The zero-order valence-corrected chi connectivity index (χ0v) is 7.04. The topological polar surface area (TPSA) is 58.6 Å². The average Bonchev–Trinajstić information content (AvgIpc) is 2.60. The molecule has 2 bridgehead atoms. The second-order valence-electron chi connectivity index (χ2n) is 3.63. The van der Waals surface area contributed by atoms with Crippen molar-refractivity contribution < 1.29 is 14.6 Å². The summed E-state index contributed by atoms with van der Waals surface area (Å²) >= 11 is 0. The molecule has 0 saturated carbocycles. The van der Waals surface area contributed by atoms with Crippen molar-refractivity contribution in [1.82, 2.24) is 5.32 Å². The first-order valence-corrected chi connectivity index (χ1v) is 4.22. The van der Waals surface area contributed by atoms with E-state index in [4.69, 9.17) is 4.74 Å². The van der Waals surface area contributed by atoms with Gasteiger partial charge in [0.2, 0.25) is 0 Å². The number of fused-ring (bicyclic) bond motifs is 2. The molecule has 2 aliphatic rings. The lowest BCUT2D eigenvalue weighted by Gasteiger charge is -2.23. The predicted molar refractivity (Wildman–Crippen MR) is 41.5 cm³/mol. The largest absolute Gasteiger partial charge is 0.468 e. The third-order valence-corrected chi connectivity index (χ3v) is 2.94. The number of ether oxygens (including phenoxy) is 1. The summed E-state index contributed by atoms with van der Waals surface area (Å²) in [6, 6.07) is 0.101. The van der Waals surface area contributed by atoms with E-state index in [0.29, 0.717) is 6.42 Å². The fourth-order valence-corrected chi connectivity index (χ4v) is 2.29. The summed E-state index contributed by atoms with van der Waals surface area (Å²) in [5.41, 5.74) is -0.571. The van der Waals surface area contributed by atoms with Crippen LogP contribution in [0.1, 0.15) is 19.3 Å². The molecule has 2 heterocycles. The van der Waals surface area contributed by atoms with Gasteiger partial charge in [-0.3, -0.25) is 10.1 Å². The summed E-state index contributed by atoms with van der Waals surface area (Å²) in [6.45, 7) is 0. The highest BCUT2D eigenvalue weighted by Crippen LogP contribution is 2.38. The number of hydrogen-bond acceptors (Lipinski definition) is 4. The van der Waals surface area contributed by atoms with Gasteiger partial charge in [0, 0.05) is 12.5 Å². The van der Waals surface area contributed by atoms with Gasteiger partial charge in [-0.25, -0.2) is 0 Å². The number of methoxy groups -OCH3 is 1. The van der Waals surface area contributed by atoms with Gasteiger partial charge < -0.3 is 9.84 Å². The van der Waals surface area contributed by atoms with Gasteiger partial charge in [-0.1, -0.05) is 0 Å². The summed E-state index contributed by atoms with van der Waals surface area (Å²) in [5.74, 6) is -0.235. The molecule has 2 fully saturated rings. The highest BCUT2D eigenvalue weighted by atomic mass is 16.5. The lowest BCUT2D eigenvalue weighted by atomic mass is 9.86. The SMILES string of the molecule is COC(=O)[C@]12CC[C@H](N1)[C@H](O)C2. The molecule has 2 saturated heterocycles. The van der Waals surface area contributed by atoms with Crippen molar-refractivity contribution in [2.24, 2.45) is 0 Å². The first-order valence-electron chi connectivity index (χ1n) is 4.22. The highest BCUT2D eigenvalue weighted by Gasteiger charge is 2.55. The van der Waals surface area contributed by atoms with Crippen molar-refractivity contribution in [3.8, 4) is 0 Å². The zero-order chi connectivity index (χ0) is 8.77. The Morgan fingerprint density at radius 3 is 2.92 bits per heavy atom. The number of aliphatic hydroxyl groups is 1. The van der Waals surface area contributed by atoms with Crippen LogP contribution in [0, 0.1) is 0 Å². The zero-order valence-electron chi connectivity index (χ0n) is 7.04. The standard InChI is InChI=1S/C8H13NO3/c1-12-7(11)8-3-2-5(9-8)6(10)4-8/h5-6,9-10H,2-4H2,1H3/t5-,6+,8+/m0/s1. The Labute approximate surface area is 70.9 Å². The third-order valence-electron chi connectivity index (χ3n) is 2.94. The molecule has 2 rings (SSSR count). The molecule has 0 aromatic heterocycles. The minimum atomic E-state index is -0.571. The molecular weight excluding hydrogens is 158 g/mol. The molecule has 2 N–H and O–H groups in total. The molecule has 4 heteroatoms. The molecule has 0 radical (unpaired) electrons. The lowest BCUT2D eigenvalue weighted by molar-refractivity contribution is -0.148. The summed E-state index contributed by atoms with van der Waals surface area (Å²) < 4.78 is 4.69. The normalized spacial score (nSPS) is 44.8. The highest BCUT2D eigenvalue weighted by molar-refractivity contribution is 5.82. The maximum atomic E-state index is 11.3. The van der Waals surface area contributed by atoms with Gasteiger partial charge in [-0.15, -0.1) is 0 Å². The number of aliphatic hydroxyl groups excluding tert-OH is 1. The number of carbonyl (C=O) groups is 1. The third kappa shape index (κ3) is 0.881. The molecule has 3 atom stereocenters. The van der Waals surface area contributed by atoms with Gasteiger partial charge in [-0.05, 0) is 12.8 Å². The van der Waals surface area contributed by atoms with Crippen molar-refractivity contribution >= 4 is 5.97 Å². The van der Waals surface area contributed by atoms with Crippen molar-refractivity contribution in [3.63, 3.8) is 0 Å². The molecule has 12 heavy (non-hydrogen) atoms. The van der Waals surface area contributed by atoms with Crippen molar-refractivity contribution in [3.05, 3.63) is 0 Å². The van der Waals surface area contributed by atoms with Crippen molar-refractivity contribution in [1.29, 1.82) is 0 Å². The van der Waals surface area contributed by atoms with Gasteiger partial charge in [0.15, 0.2) is 0 Å². The molecule has 0 aromatic rings. The molecule has 0 aromatic carbocycles. The van der Waals surface area contributed by atoms with E-state index >= 15 is 0 Å². The van der Waals surface area contributed by atoms with Crippen LogP contribution in [0.25, 0.3) is 0 Å². The second kappa shape index (κ2) is 2.44. The number of rotatable bonds is 1. The second-order valence-corrected chi connectivity index (χ2v) is 3.63. The van der Waals surface area contributed by atoms with Crippen LogP contribution in [-0.4, -0.2) is 35.9 Å².